The summed E-state index contributed by atoms with van der Waals surface area (Å²) in [6, 6.07) is 10.3. The van der Waals surface area contributed by atoms with Crippen LogP contribution in [-0.2, 0) is 4.79 Å². The number of nitrogens with zero attached hydrogens (tertiary/aromatic N) is 2. The molecule has 1 amide bonds. The summed E-state index contributed by atoms with van der Waals surface area (Å²) in [7, 11) is 1.85. The summed E-state index contributed by atoms with van der Waals surface area (Å²) < 4.78 is 0. The van der Waals surface area contributed by atoms with E-state index >= 15 is 0 Å². The van der Waals surface area contributed by atoms with E-state index in [1.165, 1.54) is 0 Å². The van der Waals surface area contributed by atoms with Crippen molar-refractivity contribution in [1.82, 2.24) is 9.80 Å². The first-order valence-electron chi connectivity index (χ1n) is 7.29. The smallest absolute Gasteiger partial charge is 0.237 e. The van der Waals surface area contributed by atoms with Crippen molar-refractivity contribution in [3.63, 3.8) is 0 Å². The van der Waals surface area contributed by atoms with E-state index in [1.54, 1.807) is 4.90 Å². The Hall–Kier alpha value is -1.39. The van der Waals surface area contributed by atoms with Crippen LogP contribution in [0.15, 0.2) is 30.3 Å². The molecule has 2 rings (SSSR count). The minimum absolute atomic E-state index is 0.0684. The molecular formula is C16H24N2O2. The molecule has 1 saturated heterocycles. The Labute approximate surface area is 121 Å². The number of rotatable bonds is 5. The topological polar surface area (TPSA) is 43.8 Å². The third-order valence-electron chi connectivity index (χ3n) is 4.30. The van der Waals surface area contributed by atoms with Gasteiger partial charge in [0.25, 0.3) is 0 Å². The van der Waals surface area contributed by atoms with E-state index in [4.69, 9.17) is 0 Å². The van der Waals surface area contributed by atoms with Gasteiger partial charge in [0, 0.05) is 13.1 Å². The fraction of sp³-hybridized carbons (Fsp3) is 0.562. The molecule has 0 saturated carbocycles. The zero-order valence-electron chi connectivity index (χ0n) is 12.3. The van der Waals surface area contributed by atoms with Gasteiger partial charge in [0.2, 0.25) is 5.91 Å². The molecule has 0 radical (unpaired) electrons. The van der Waals surface area contributed by atoms with E-state index in [0.29, 0.717) is 6.54 Å². The fourth-order valence-corrected chi connectivity index (χ4v) is 2.77. The Morgan fingerprint density at radius 3 is 2.80 bits per heavy atom. The summed E-state index contributed by atoms with van der Waals surface area (Å²) in [6.07, 6.45) is 2.05. The number of likely N-dealkylation sites (tertiary alicyclic amines) is 1. The predicted octanol–water partition coefficient (Wildman–Crippen LogP) is 1.66. The van der Waals surface area contributed by atoms with Gasteiger partial charge in [0.1, 0.15) is 0 Å². The molecule has 110 valence electrons. The summed E-state index contributed by atoms with van der Waals surface area (Å²) in [5, 5.41) is 9.31. The Bertz CT molecular complexity index is 435. The zero-order valence-corrected chi connectivity index (χ0v) is 12.3. The molecule has 1 aliphatic heterocycles. The van der Waals surface area contributed by atoms with E-state index in [0.717, 1.165) is 24.9 Å². The highest BCUT2D eigenvalue weighted by Crippen LogP contribution is 2.20. The van der Waals surface area contributed by atoms with Gasteiger partial charge in [-0.3, -0.25) is 9.69 Å². The van der Waals surface area contributed by atoms with E-state index in [1.807, 2.05) is 44.3 Å². The van der Waals surface area contributed by atoms with Crippen molar-refractivity contribution in [2.45, 2.75) is 31.8 Å². The predicted molar refractivity (Wildman–Crippen MR) is 79.3 cm³/mol. The number of benzene rings is 1. The van der Waals surface area contributed by atoms with Gasteiger partial charge in [0.15, 0.2) is 0 Å². The van der Waals surface area contributed by atoms with E-state index in [2.05, 4.69) is 4.90 Å². The van der Waals surface area contributed by atoms with Gasteiger partial charge in [-0.15, -0.1) is 0 Å². The highest BCUT2D eigenvalue weighted by molar-refractivity contribution is 5.78. The molecule has 0 spiro atoms. The quantitative estimate of drug-likeness (QED) is 0.889. The summed E-state index contributed by atoms with van der Waals surface area (Å²) in [5.74, 6) is 0.113. The van der Waals surface area contributed by atoms with Crippen LogP contribution in [0.5, 0.6) is 0 Å². The zero-order chi connectivity index (χ0) is 14.5. The van der Waals surface area contributed by atoms with Gasteiger partial charge in [-0.25, -0.2) is 0 Å². The number of aliphatic hydroxyl groups is 1. The van der Waals surface area contributed by atoms with Crippen LogP contribution in [0.1, 0.15) is 31.4 Å². The lowest BCUT2D eigenvalue weighted by atomic mass is 10.1. The van der Waals surface area contributed by atoms with Crippen molar-refractivity contribution in [2.24, 2.45) is 0 Å². The van der Waals surface area contributed by atoms with Crippen molar-refractivity contribution in [1.29, 1.82) is 0 Å². The SMILES string of the molecule is CC(c1ccccc1)N(C)C(=O)CN1CCC[C@H]1CO. The number of likely N-dealkylation sites (N-methyl/N-ethyl adjacent to an activating group) is 1. The minimum atomic E-state index is 0.0684. The molecule has 1 fully saturated rings. The molecule has 20 heavy (non-hydrogen) atoms. The molecule has 2 atom stereocenters. The highest BCUT2D eigenvalue weighted by atomic mass is 16.3. The normalized spacial score (nSPS) is 20.9. The van der Waals surface area contributed by atoms with Crippen LogP contribution in [0, 0.1) is 0 Å². The standard InChI is InChI=1S/C16H24N2O2/c1-13(14-7-4-3-5-8-14)17(2)16(20)11-18-10-6-9-15(18)12-19/h3-5,7-8,13,15,19H,6,9-12H2,1-2H3/t13?,15-/m0/s1. The van der Waals surface area contributed by atoms with Crippen molar-refractivity contribution in [3.8, 4) is 0 Å². The average Bonchev–Trinajstić information content (AvgIpc) is 2.93. The molecular weight excluding hydrogens is 252 g/mol. The summed E-state index contributed by atoms with van der Waals surface area (Å²) in [4.78, 5) is 16.3. The Morgan fingerprint density at radius 2 is 2.15 bits per heavy atom. The first-order valence-corrected chi connectivity index (χ1v) is 7.29. The van der Waals surface area contributed by atoms with Crippen LogP contribution in [-0.4, -0.2) is 53.6 Å². The van der Waals surface area contributed by atoms with Crippen LogP contribution in [0.4, 0.5) is 0 Å². The second-order valence-corrected chi connectivity index (χ2v) is 5.54. The second kappa shape index (κ2) is 6.86. The molecule has 4 heteroatoms. The van der Waals surface area contributed by atoms with Crippen LogP contribution >= 0.6 is 0 Å². The molecule has 0 aliphatic carbocycles. The Balaban J connectivity index is 1.95. The maximum Gasteiger partial charge on any atom is 0.237 e. The molecule has 4 nitrogen and oxygen atoms in total. The number of hydrogen-bond donors (Lipinski definition) is 1. The molecule has 1 heterocycles. The van der Waals surface area contributed by atoms with Crippen molar-refractivity contribution in [3.05, 3.63) is 35.9 Å². The van der Waals surface area contributed by atoms with Gasteiger partial charge in [-0.05, 0) is 31.9 Å². The average molecular weight is 276 g/mol. The molecule has 1 aromatic rings. The Kier molecular flexibility index (Phi) is 5.15. The van der Waals surface area contributed by atoms with Gasteiger partial charge in [0.05, 0.1) is 19.2 Å². The number of aliphatic hydroxyl groups excluding tert-OH is 1. The summed E-state index contributed by atoms with van der Waals surface area (Å²) >= 11 is 0. The lowest BCUT2D eigenvalue weighted by molar-refractivity contribution is -0.133. The lowest BCUT2D eigenvalue weighted by Gasteiger charge is -2.29. The molecule has 0 bridgehead atoms. The number of amides is 1. The molecule has 0 aromatic heterocycles. The minimum Gasteiger partial charge on any atom is -0.395 e. The van der Waals surface area contributed by atoms with Crippen LogP contribution in [0.2, 0.25) is 0 Å². The highest BCUT2D eigenvalue weighted by Gasteiger charge is 2.27. The van der Waals surface area contributed by atoms with Gasteiger partial charge in [-0.1, -0.05) is 30.3 Å². The van der Waals surface area contributed by atoms with Crippen molar-refractivity contribution < 1.29 is 9.90 Å². The van der Waals surface area contributed by atoms with Crippen LogP contribution in [0.25, 0.3) is 0 Å². The molecule has 1 aromatic carbocycles. The van der Waals surface area contributed by atoms with Crippen molar-refractivity contribution in [2.75, 3.05) is 26.7 Å². The van der Waals surface area contributed by atoms with E-state index in [9.17, 15) is 9.90 Å². The lowest BCUT2D eigenvalue weighted by Crippen LogP contribution is -2.42. The van der Waals surface area contributed by atoms with Gasteiger partial charge < -0.3 is 10.0 Å². The largest absolute Gasteiger partial charge is 0.395 e. The fourth-order valence-electron chi connectivity index (χ4n) is 2.77. The van der Waals surface area contributed by atoms with Gasteiger partial charge >= 0.3 is 0 Å². The first kappa shape index (κ1) is 15.0. The number of hydrogen-bond acceptors (Lipinski definition) is 3. The maximum atomic E-state index is 12.4. The molecule has 1 N–H and O–H groups in total. The maximum absolute atomic E-state index is 12.4. The van der Waals surface area contributed by atoms with Crippen molar-refractivity contribution >= 4 is 5.91 Å². The number of carbonyl (C=O) groups excluding carboxylic acids is 1. The van der Waals surface area contributed by atoms with Crippen LogP contribution in [0.3, 0.4) is 0 Å². The number of carbonyl (C=O) groups is 1. The van der Waals surface area contributed by atoms with Gasteiger partial charge in [-0.2, -0.15) is 0 Å². The summed E-state index contributed by atoms with van der Waals surface area (Å²) in [6.45, 7) is 3.50. The molecule has 1 aliphatic rings. The third-order valence-corrected chi connectivity index (χ3v) is 4.30. The first-order chi connectivity index (χ1) is 9.63. The monoisotopic (exact) mass is 276 g/mol. The van der Waals surface area contributed by atoms with Crippen LogP contribution < -0.4 is 0 Å². The molecule has 1 unspecified atom stereocenters. The third kappa shape index (κ3) is 3.38. The summed E-state index contributed by atoms with van der Waals surface area (Å²) in [5.41, 5.74) is 1.14. The van der Waals surface area contributed by atoms with E-state index < -0.39 is 0 Å². The van der Waals surface area contributed by atoms with E-state index in [-0.39, 0.29) is 24.6 Å². The Morgan fingerprint density at radius 1 is 1.45 bits per heavy atom. The second-order valence-electron chi connectivity index (χ2n) is 5.54.